The van der Waals surface area contributed by atoms with E-state index in [1.165, 1.54) is 30.5 Å². The molecule has 1 fully saturated rings. The molecule has 0 amide bonds. The SMILES string of the molecule is CN(c1ccc(F)cc1)c1cc(C2CCCN2)ccn1. The van der Waals surface area contributed by atoms with Crippen molar-refractivity contribution in [1.82, 2.24) is 10.3 Å². The summed E-state index contributed by atoms with van der Waals surface area (Å²) in [5.41, 5.74) is 2.19. The fourth-order valence-corrected chi connectivity index (χ4v) is 2.60. The van der Waals surface area contributed by atoms with Gasteiger partial charge in [0.15, 0.2) is 0 Å². The van der Waals surface area contributed by atoms with Crippen molar-refractivity contribution in [3.8, 4) is 0 Å². The lowest BCUT2D eigenvalue weighted by atomic mass is 10.1. The van der Waals surface area contributed by atoms with Crippen LogP contribution in [0.25, 0.3) is 0 Å². The number of anilines is 2. The molecule has 3 rings (SSSR count). The maximum absolute atomic E-state index is 13.0. The summed E-state index contributed by atoms with van der Waals surface area (Å²) in [7, 11) is 1.95. The van der Waals surface area contributed by atoms with Gasteiger partial charge in [-0.05, 0) is 61.3 Å². The van der Waals surface area contributed by atoms with E-state index in [4.69, 9.17) is 0 Å². The second kappa shape index (κ2) is 5.59. The largest absolute Gasteiger partial charge is 0.329 e. The van der Waals surface area contributed by atoms with E-state index in [0.717, 1.165) is 18.1 Å². The van der Waals surface area contributed by atoms with Crippen molar-refractivity contribution in [2.45, 2.75) is 18.9 Å². The van der Waals surface area contributed by atoms with E-state index >= 15 is 0 Å². The van der Waals surface area contributed by atoms with Gasteiger partial charge in [-0.1, -0.05) is 0 Å². The molecule has 1 aliphatic rings. The molecule has 0 bridgehead atoms. The third-order valence-electron chi connectivity index (χ3n) is 3.79. The molecular formula is C16H18FN3. The Balaban J connectivity index is 1.85. The van der Waals surface area contributed by atoms with Crippen LogP contribution in [0.5, 0.6) is 0 Å². The fourth-order valence-electron chi connectivity index (χ4n) is 2.60. The van der Waals surface area contributed by atoms with Gasteiger partial charge in [0, 0.05) is 25.0 Å². The number of hydrogen-bond donors (Lipinski definition) is 1. The van der Waals surface area contributed by atoms with E-state index < -0.39 is 0 Å². The van der Waals surface area contributed by atoms with Crippen LogP contribution in [0.1, 0.15) is 24.4 Å². The highest BCUT2D eigenvalue weighted by Crippen LogP contribution is 2.27. The number of halogens is 1. The van der Waals surface area contributed by atoms with Gasteiger partial charge in [0.05, 0.1) is 0 Å². The summed E-state index contributed by atoms with van der Waals surface area (Å²) in [6.07, 6.45) is 4.23. The van der Waals surface area contributed by atoms with Gasteiger partial charge in [0.25, 0.3) is 0 Å². The van der Waals surface area contributed by atoms with Crippen LogP contribution in [0, 0.1) is 5.82 Å². The first-order valence-electron chi connectivity index (χ1n) is 6.93. The smallest absolute Gasteiger partial charge is 0.132 e. The van der Waals surface area contributed by atoms with E-state index in [1.807, 2.05) is 18.1 Å². The van der Waals surface area contributed by atoms with E-state index in [9.17, 15) is 4.39 Å². The Hall–Kier alpha value is -1.94. The molecule has 4 heteroatoms. The van der Waals surface area contributed by atoms with Crippen LogP contribution in [0.15, 0.2) is 42.6 Å². The zero-order chi connectivity index (χ0) is 13.9. The molecule has 1 aromatic carbocycles. The predicted octanol–water partition coefficient (Wildman–Crippen LogP) is 3.41. The Morgan fingerprint density at radius 3 is 2.75 bits per heavy atom. The quantitative estimate of drug-likeness (QED) is 0.927. The topological polar surface area (TPSA) is 28.2 Å². The van der Waals surface area contributed by atoms with Crippen LogP contribution in [0.4, 0.5) is 15.9 Å². The van der Waals surface area contributed by atoms with Crippen molar-refractivity contribution in [1.29, 1.82) is 0 Å². The molecule has 1 aromatic heterocycles. The zero-order valence-electron chi connectivity index (χ0n) is 11.5. The fraction of sp³-hybridized carbons (Fsp3) is 0.312. The normalized spacial score (nSPS) is 18.2. The van der Waals surface area contributed by atoms with E-state index in [1.54, 1.807) is 12.1 Å². The highest BCUT2D eigenvalue weighted by Gasteiger charge is 2.17. The van der Waals surface area contributed by atoms with Crippen molar-refractivity contribution in [3.63, 3.8) is 0 Å². The number of benzene rings is 1. The molecule has 1 aliphatic heterocycles. The van der Waals surface area contributed by atoms with Crippen LogP contribution in [-0.2, 0) is 0 Å². The van der Waals surface area contributed by atoms with Crippen molar-refractivity contribution < 1.29 is 4.39 Å². The second-order valence-corrected chi connectivity index (χ2v) is 5.13. The molecule has 3 nitrogen and oxygen atoms in total. The van der Waals surface area contributed by atoms with Crippen molar-refractivity contribution >= 4 is 11.5 Å². The highest BCUT2D eigenvalue weighted by molar-refractivity contribution is 5.59. The Labute approximate surface area is 118 Å². The standard InChI is InChI=1S/C16H18FN3/c1-20(14-6-4-13(17)5-7-14)16-11-12(8-10-19-16)15-3-2-9-18-15/h4-8,10-11,15,18H,2-3,9H2,1H3. The summed E-state index contributed by atoms with van der Waals surface area (Å²) >= 11 is 0. The monoisotopic (exact) mass is 271 g/mol. The maximum Gasteiger partial charge on any atom is 0.132 e. The summed E-state index contributed by atoms with van der Waals surface area (Å²) in [4.78, 5) is 6.38. The van der Waals surface area contributed by atoms with Gasteiger partial charge >= 0.3 is 0 Å². The molecule has 1 atom stereocenters. The van der Waals surface area contributed by atoms with Crippen LogP contribution in [0.3, 0.4) is 0 Å². The summed E-state index contributed by atoms with van der Waals surface area (Å²) in [5.74, 6) is 0.654. The number of pyridine rings is 1. The number of rotatable bonds is 3. The first kappa shape index (κ1) is 13.1. The highest BCUT2D eigenvalue weighted by atomic mass is 19.1. The number of aromatic nitrogens is 1. The Kier molecular flexibility index (Phi) is 3.65. The molecule has 1 saturated heterocycles. The van der Waals surface area contributed by atoms with Gasteiger partial charge in [0.2, 0.25) is 0 Å². The van der Waals surface area contributed by atoms with Gasteiger partial charge in [-0.15, -0.1) is 0 Å². The lowest BCUT2D eigenvalue weighted by Gasteiger charge is -2.20. The maximum atomic E-state index is 13.0. The molecule has 2 aromatic rings. The Morgan fingerprint density at radius 1 is 1.25 bits per heavy atom. The molecule has 1 unspecified atom stereocenters. The Morgan fingerprint density at radius 2 is 2.05 bits per heavy atom. The molecule has 104 valence electrons. The molecule has 0 radical (unpaired) electrons. The molecule has 2 heterocycles. The first-order valence-corrected chi connectivity index (χ1v) is 6.93. The van der Waals surface area contributed by atoms with Gasteiger partial charge < -0.3 is 10.2 Å². The summed E-state index contributed by atoms with van der Waals surface area (Å²) in [5, 5.41) is 3.49. The molecule has 0 spiro atoms. The summed E-state index contributed by atoms with van der Waals surface area (Å²) < 4.78 is 13.0. The average Bonchev–Trinajstić information content (AvgIpc) is 3.02. The van der Waals surface area contributed by atoms with Gasteiger partial charge in [-0.25, -0.2) is 9.37 Å². The van der Waals surface area contributed by atoms with Crippen LogP contribution < -0.4 is 10.2 Å². The van der Waals surface area contributed by atoms with E-state index in [-0.39, 0.29) is 5.82 Å². The van der Waals surface area contributed by atoms with Gasteiger partial charge in [-0.2, -0.15) is 0 Å². The second-order valence-electron chi connectivity index (χ2n) is 5.13. The Bertz CT molecular complexity index is 577. The third-order valence-corrected chi connectivity index (χ3v) is 3.79. The van der Waals surface area contributed by atoms with Gasteiger partial charge in [0.1, 0.15) is 11.6 Å². The minimum Gasteiger partial charge on any atom is -0.329 e. The molecule has 0 saturated carbocycles. The number of nitrogens with zero attached hydrogens (tertiary/aromatic N) is 2. The van der Waals surface area contributed by atoms with Crippen molar-refractivity contribution in [2.24, 2.45) is 0 Å². The van der Waals surface area contributed by atoms with Crippen LogP contribution >= 0.6 is 0 Å². The van der Waals surface area contributed by atoms with Crippen LogP contribution in [-0.4, -0.2) is 18.6 Å². The number of nitrogens with one attached hydrogen (secondary N) is 1. The lowest BCUT2D eigenvalue weighted by molar-refractivity contribution is 0.628. The summed E-state index contributed by atoms with van der Waals surface area (Å²) in [6, 6.07) is 11.0. The van der Waals surface area contributed by atoms with Crippen molar-refractivity contribution in [3.05, 3.63) is 54.0 Å². The van der Waals surface area contributed by atoms with Crippen LogP contribution in [0.2, 0.25) is 0 Å². The molecule has 1 N–H and O–H groups in total. The lowest BCUT2D eigenvalue weighted by Crippen LogP contribution is -2.15. The van der Waals surface area contributed by atoms with E-state index in [0.29, 0.717) is 6.04 Å². The van der Waals surface area contributed by atoms with E-state index in [2.05, 4.69) is 22.4 Å². The van der Waals surface area contributed by atoms with Gasteiger partial charge in [-0.3, -0.25) is 0 Å². The van der Waals surface area contributed by atoms with Crippen molar-refractivity contribution in [2.75, 3.05) is 18.5 Å². The first-order chi connectivity index (χ1) is 9.74. The number of hydrogen-bond acceptors (Lipinski definition) is 3. The molecule has 0 aliphatic carbocycles. The zero-order valence-corrected chi connectivity index (χ0v) is 11.5. The molecule has 20 heavy (non-hydrogen) atoms. The summed E-state index contributed by atoms with van der Waals surface area (Å²) in [6.45, 7) is 1.08. The minimum atomic E-state index is -0.223. The molecular weight excluding hydrogens is 253 g/mol. The predicted molar refractivity (Wildman–Crippen MR) is 78.7 cm³/mol. The minimum absolute atomic E-state index is 0.223. The third kappa shape index (κ3) is 2.65. The average molecular weight is 271 g/mol.